The molecule has 2 aliphatic rings. The molecule has 1 saturated heterocycles. The van der Waals surface area contributed by atoms with Crippen molar-refractivity contribution in [1.29, 1.82) is 0 Å². The predicted molar refractivity (Wildman–Crippen MR) is 213 cm³/mol. The zero-order chi connectivity index (χ0) is 42.9. The van der Waals surface area contributed by atoms with Crippen LogP contribution in [0.25, 0.3) is 0 Å². The van der Waals surface area contributed by atoms with Crippen LogP contribution in [0.15, 0.2) is 29.4 Å². The molecular formula is C42H56N2O12S. The van der Waals surface area contributed by atoms with Crippen molar-refractivity contribution < 1.29 is 57.6 Å². The first-order valence-corrected chi connectivity index (χ1v) is 19.6. The Morgan fingerprint density at radius 1 is 0.825 bits per heavy atom. The minimum absolute atomic E-state index is 0.0119. The molecular weight excluding hydrogens is 757 g/mol. The smallest absolute Gasteiger partial charge is 0.344 e. The highest BCUT2D eigenvalue weighted by Gasteiger charge is 2.55. The van der Waals surface area contributed by atoms with E-state index in [0.717, 1.165) is 16.0 Å². The molecule has 312 valence electrons. The first kappa shape index (κ1) is 44.9. The summed E-state index contributed by atoms with van der Waals surface area (Å²) in [4.78, 5) is 66.1. The van der Waals surface area contributed by atoms with Gasteiger partial charge in [-0.05, 0) is 137 Å². The number of oxime groups is 1. The number of esters is 3. The van der Waals surface area contributed by atoms with Crippen LogP contribution in [0.2, 0.25) is 0 Å². The Hall–Kier alpha value is -4.79. The van der Waals surface area contributed by atoms with Crippen molar-refractivity contribution in [3.8, 4) is 17.2 Å². The number of imide groups is 1. The number of hydrogen-bond donors (Lipinski definition) is 1. The van der Waals surface area contributed by atoms with Gasteiger partial charge in [0, 0.05) is 17.5 Å². The van der Waals surface area contributed by atoms with Crippen molar-refractivity contribution in [2.45, 2.75) is 136 Å². The molecule has 0 aromatic heterocycles. The largest absolute Gasteiger partial charge is 0.489 e. The van der Waals surface area contributed by atoms with Crippen molar-refractivity contribution in [2.24, 2.45) is 5.16 Å². The summed E-state index contributed by atoms with van der Waals surface area (Å²) in [6, 6.07) is 6.87. The lowest BCUT2D eigenvalue weighted by Crippen LogP contribution is -2.46. The number of benzene rings is 2. The predicted octanol–water partition coefficient (Wildman–Crippen LogP) is 7.18. The average Bonchev–Trinajstić information content (AvgIpc) is 3.27. The Bertz CT molecular complexity index is 1940. The SMILES string of the molecule is Cc1c(C)c2c(c(C)c1OCC(=O)OC(C)(C)C)/C(=N/O)CC(C)(COc1ccc(CC3(CC(=O)OC(C)(C)C)SC(=O)N(CC(=O)OC(C)(C)C)C3=O)cc1)O2. The van der Waals surface area contributed by atoms with Gasteiger partial charge in [0.25, 0.3) is 5.24 Å². The number of carbonyl (C=O) groups is 5. The fourth-order valence-corrected chi connectivity index (χ4v) is 7.80. The van der Waals surface area contributed by atoms with Crippen LogP contribution in [0.4, 0.5) is 4.79 Å². The lowest BCUT2D eigenvalue weighted by atomic mass is 9.86. The van der Waals surface area contributed by atoms with Gasteiger partial charge in [0.1, 0.15) is 57.6 Å². The second kappa shape index (κ2) is 16.6. The minimum atomic E-state index is -1.56. The molecule has 14 nitrogen and oxygen atoms in total. The molecule has 2 aliphatic heterocycles. The molecule has 2 unspecified atom stereocenters. The van der Waals surface area contributed by atoms with E-state index in [0.29, 0.717) is 51.4 Å². The molecule has 2 amide bonds. The van der Waals surface area contributed by atoms with Crippen molar-refractivity contribution in [2.75, 3.05) is 19.8 Å². The number of amides is 2. The third-order valence-corrected chi connectivity index (χ3v) is 10.1. The van der Waals surface area contributed by atoms with Crippen LogP contribution in [0, 0.1) is 20.8 Å². The molecule has 4 rings (SSSR count). The van der Waals surface area contributed by atoms with E-state index in [1.54, 1.807) is 86.6 Å². The molecule has 0 radical (unpaired) electrons. The zero-order valence-corrected chi connectivity index (χ0v) is 36.1. The summed E-state index contributed by atoms with van der Waals surface area (Å²) < 4.78 is 33.4. The van der Waals surface area contributed by atoms with Crippen LogP contribution in [0.1, 0.15) is 110 Å². The molecule has 0 aliphatic carbocycles. The molecule has 57 heavy (non-hydrogen) atoms. The van der Waals surface area contributed by atoms with Crippen molar-refractivity contribution in [1.82, 2.24) is 4.90 Å². The number of fused-ring (bicyclic) bond motifs is 1. The van der Waals surface area contributed by atoms with Crippen molar-refractivity contribution >= 4 is 46.5 Å². The molecule has 2 atom stereocenters. The summed E-state index contributed by atoms with van der Waals surface area (Å²) in [6.07, 6.45) is -0.226. The zero-order valence-electron chi connectivity index (χ0n) is 35.3. The summed E-state index contributed by atoms with van der Waals surface area (Å²) in [7, 11) is 0. The van der Waals surface area contributed by atoms with Gasteiger partial charge >= 0.3 is 17.9 Å². The Kier molecular flexibility index (Phi) is 13.1. The number of carbonyl (C=O) groups excluding carboxylic acids is 5. The van der Waals surface area contributed by atoms with Crippen LogP contribution in [0.5, 0.6) is 17.2 Å². The molecule has 1 fully saturated rings. The van der Waals surface area contributed by atoms with Gasteiger partial charge in [-0.1, -0.05) is 17.3 Å². The van der Waals surface area contributed by atoms with Crippen LogP contribution in [-0.2, 0) is 39.8 Å². The summed E-state index contributed by atoms with van der Waals surface area (Å²) >= 11 is 0.698. The maximum absolute atomic E-state index is 13.9. The first-order chi connectivity index (χ1) is 26.1. The summed E-state index contributed by atoms with van der Waals surface area (Å²) in [5.74, 6) is -1.13. The topological polar surface area (TPSA) is 177 Å². The van der Waals surface area contributed by atoms with Crippen molar-refractivity contribution in [3.63, 3.8) is 0 Å². The molecule has 0 saturated carbocycles. The standard InChI is InChI=1S/C42H56N2O12S/c1-24-25(2)35-33(26(3)34(24)51-22-32(47)55-40(10,11)12)29(43-50)19-41(13,56-35)23-52-28-16-14-27(15-17-28)18-42(20-30(45)53-38(4,5)6)36(48)44(37(49)57-42)21-31(46)54-39(7,8)9/h14-17,50H,18-23H2,1-13H3/b43-29+. The summed E-state index contributed by atoms with van der Waals surface area (Å²) in [6.45, 7) is 22.1. The molecule has 1 N–H and O–H groups in total. The maximum Gasteiger partial charge on any atom is 0.344 e. The van der Waals surface area contributed by atoms with Crippen LogP contribution in [0.3, 0.4) is 0 Å². The van der Waals surface area contributed by atoms with Gasteiger partial charge < -0.3 is 33.6 Å². The average molecular weight is 813 g/mol. The molecule has 2 aromatic carbocycles. The van der Waals surface area contributed by atoms with E-state index < -0.39 is 69.2 Å². The van der Waals surface area contributed by atoms with E-state index >= 15 is 0 Å². The molecule has 0 spiro atoms. The third kappa shape index (κ3) is 11.4. The van der Waals surface area contributed by atoms with Gasteiger partial charge in [0.2, 0.25) is 5.91 Å². The fraction of sp³-hybridized carbons (Fsp3) is 0.571. The van der Waals surface area contributed by atoms with Gasteiger partial charge in [-0.3, -0.25) is 24.1 Å². The van der Waals surface area contributed by atoms with Crippen LogP contribution < -0.4 is 14.2 Å². The number of thioether (sulfide) groups is 1. The fourth-order valence-electron chi connectivity index (χ4n) is 6.58. The summed E-state index contributed by atoms with van der Waals surface area (Å²) in [5, 5.41) is 13.1. The second-order valence-corrected chi connectivity index (χ2v) is 19.1. The van der Waals surface area contributed by atoms with Gasteiger partial charge in [-0.15, -0.1) is 0 Å². The Labute approximate surface area is 338 Å². The van der Waals surface area contributed by atoms with Gasteiger partial charge in [-0.2, -0.15) is 0 Å². The molecule has 0 bridgehead atoms. The Morgan fingerprint density at radius 2 is 1.39 bits per heavy atom. The Balaban J connectivity index is 1.52. The van der Waals surface area contributed by atoms with Gasteiger partial charge in [0.15, 0.2) is 6.61 Å². The summed E-state index contributed by atoms with van der Waals surface area (Å²) in [5.41, 5.74) is 0.453. The normalized spacial score (nSPS) is 20.5. The number of nitrogens with zero attached hydrogens (tertiary/aromatic N) is 2. The van der Waals surface area contributed by atoms with E-state index in [4.69, 9.17) is 28.4 Å². The minimum Gasteiger partial charge on any atom is -0.489 e. The number of ether oxygens (including phenoxy) is 6. The highest BCUT2D eigenvalue weighted by molar-refractivity contribution is 8.16. The monoisotopic (exact) mass is 812 g/mol. The lowest BCUT2D eigenvalue weighted by Gasteiger charge is -2.38. The van der Waals surface area contributed by atoms with Gasteiger partial charge in [0.05, 0.1) is 12.1 Å². The van der Waals surface area contributed by atoms with E-state index in [1.165, 1.54) is 0 Å². The van der Waals surface area contributed by atoms with E-state index in [-0.39, 0.29) is 26.1 Å². The molecule has 2 aromatic rings. The van der Waals surface area contributed by atoms with E-state index in [2.05, 4.69) is 5.16 Å². The third-order valence-electron chi connectivity index (χ3n) is 8.89. The highest BCUT2D eigenvalue weighted by atomic mass is 32.2. The van der Waals surface area contributed by atoms with Gasteiger partial charge in [-0.25, -0.2) is 4.79 Å². The van der Waals surface area contributed by atoms with E-state index in [1.807, 2.05) is 27.7 Å². The van der Waals surface area contributed by atoms with E-state index in [9.17, 15) is 29.2 Å². The van der Waals surface area contributed by atoms with Crippen molar-refractivity contribution in [3.05, 3.63) is 52.1 Å². The molecule has 15 heteroatoms. The quantitative estimate of drug-likeness (QED) is 0.0988. The first-order valence-electron chi connectivity index (χ1n) is 18.7. The number of hydrogen-bond acceptors (Lipinski definition) is 14. The number of rotatable bonds is 12. The second-order valence-electron chi connectivity index (χ2n) is 17.8. The lowest BCUT2D eigenvalue weighted by molar-refractivity contribution is -0.159. The molecule has 2 heterocycles. The van der Waals surface area contributed by atoms with Crippen LogP contribution >= 0.6 is 11.8 Å². The maximum atomic E-state index is 13.9. The van der Waals surface area contributed by atoms with Crippen LogP contribution in [-0.4, -0.2) is 91.8 Å². The highest BCUT2D eigenvalue weighted by Crippen LogP contribution is 2.45. The Morgan fingerprint density at radius 3 is 1.95 bits per heavy atom.